The molecule has 90 valence electrons. The van der Waals surface area contributed by atoms with E-state index in [-0.39, 0.29) is 11.8 Å². The molecule has 2 N–H and O–H groups in total. The Labute approximate surface area is 102 Å². The Bertz CT molecular complexity index is 438. The lowest BCUT2D eigenvalue weighted by molar-refractivity contribution is -0.122. The summed E-state index contributed by atoms with van der Waals surface area (Å²) in [5.41, 5.74) is 3.65. The molecule has 0 aromatic heterocycles. The van der Waals surface area contributed by atoms with E-state index in [2.05, 4.69) is 16.7 Å². The van der Waals surface area contributed by atoms with E-state index in [9.17, 15) is 4.79 Å². The second-order valence-corrected chi connectivity index (χ2v) is 4.99. The lowest BCUT2D eigenvalue weighted by Crippen LogP contribution is -2.30. The summed E-state index contributed by atoms with van der Waals surface area (Å²) < 4.78 is 0. The van der Waals surface area contributed by atoms with Gasteiger partial charge in [0.25, 0.3) is 0 Å². The highest BCUT2D eigenvalue weighted by molar-refractivity contribution is 5.93. The van der Waals surface area contributed by atoms with Crippen LogP contribution < -0.4 is 10.6 Å². The summed E-state index contributed by atoms with van der Waals surface area (Å²) in [4.78, 5) is 11.9. The molecule has 3 heteroatoms. The zero-order chi connectivity index (χ0) is 11.7. The monoisotopic (exact) mass is 230 g/mol. The predicted octanol–water partition coefficient (Wildman–Crippen LogP) is 2.07. The van der Waals surface area contributed by atoms with Crippen LogP contribution >= 0.6 is 0 Å². The van der Waals surface area contributed by atoms with Gasteiger partial charge in [0.2, 0.25) is 5.91 Å². The van der Waals surface area contributed by atoms with Gasteiger partial charge in [-0.3, -0.25) is 4.79 Å². The molecule has 1 aliphatic heterocycles. The largest absolute Gasteiger partial charge is 0.326 e. The average Bonchev–Trinajstić information content (AvgIpc) is 2.27. The molecule has 1 aromatic carbocycles. The van der Waals surface area contributed by atoms with Gasteiger partial charge in [0.1, 0.15) is 0 Å². The van der Waals surface area contributed by atoms with Gasteiger partial charge in [0.05, 0.1) is 0 Å². The molecule has 17 heavy (non-hydrogen) atoms. The van der Waals surface area contributed by atoms with E-state index < -0.39 is 0 Å². The lowest BCUT2D eigenvalue weighted by atomic mass is 9.84. The Morgan fingerprint density at radius 3 is 3.00 bits per heavy atom. The first-order valence-electron chi connectivity index (χ1n) is 6.47. The third kappa shape index (κ3) is 2.07. The highest BCUT2D eigenvalue weighted by atomic mass is 16.1. The molecule has 2 aliphatic rings. The molecule has 0 unspecified atom stereocenters. The third-order valence-corrected chi connectivity index (χ3v) is 3.88. The van der Waals surface area contributed by atoms with Gasteiger partial charge >= 0.3 is 0 Å². The Balaban J connectivity index is 1.80. The Morgan fingerprint density at radius 1 is 1.35 bits per heavy atom. The van der Waals surface area contributed by atoms with Crippen molar-refractivity contribution in [1.29, 1.82) is 0 Å². The standard InChI is InChI=1S/C14H18N2O/c17-14(11-4-1-5-11)16-13-6-2-3-10-7-8-15-9-12(10)13/h2-3,6,11,15H,1,4-5,7-9H2,(H,16,17). The molecule has 0 saturated heterocycles. The molecule has 0 spiro atoms. The zero-order valence-electron chi connectivity index (χ0n) is 9.96. The highest BCUT2D eigenvalue weighted by Crippen LogP contribution is 2.29. The number of amides is 1. The molecule has 0 bridgehead atoms. The molecule has 3 rings (SSSR count). The van der Waals surface area contributed by atoms with Crippen LogP contribution in [0.3, 0.4) is 0 Å². The van der Waals surface area contributed by atoms with Gasteiger partial charge in [-0.1, -0.05) is 18.6 Å². The van der Waals surface area contributed by atoms with E-state index in [0.29, 0.717) is 0 Å². The first-order valence-corrected chi connectivity index (χ1v) is 6.47. The number of hydrogen-bond donors (Lipinski definition) is 2. The Morgan fingerprint density at radius 2 is 2.24 bits per heavy atom. The maximum absolute atomic E-state index is 11.9. The minimum Gasteiger partial charge on any atom is -0.326 e. The first kappa shape index (κ1) is 10.8. The van der Waals surface area contributed by atoms with E-state index in [1.165, 1.54) is 17.5 Å². The van der Waals surface area contributed by atoms with Crippen molar-refractivity contribution in [2.45, 2.75) is 32.2 Å². The summed E-state index contributed by atoms with van der Waals surface area (Å²) in [6.45, 7) is 1.91. The Hall–Kier alpha value is -1.35. The summed E-state index contributed by atoms with van der Waals surface area (Å²) in [6.07, 6.45) is 4.37. The molecule has 1 saturated carbocycles. The van der Waals surface area contributed by atoms with Gasteiger partial charge < -0.3 is 10.6 Å². The number of benzene rings is 1. The van der Waals surface area contributed by atoms with Gasteiger partial charge in [0.15, 0.2) is 0 Å². The molecule has 1 fully saturated rings. The minimum absolute atomic E-state index is 0.204. The number of nitrogens with one attached hydrogen (secondary N) is 2. The summed E-state index contributed by atoms with van der Waals surface area (Å²) in [6, 6.07) is 6.22. The summed E-state index contributed by atoms with van der Waals surface area (Å²) in [5, 5.41) is 6.45. The van der Waals surface area contributed by atoms with Crippen molar-refractivity contribution in [3.05, 3.63) is 29.3 Å². The molecule has 1 amide bonds. The summed E-state index contributed by atoms with van der Waals surface area (Å²) >= 11 is 0. The normalized spacial score (nSPS) is 19.3. The summed E-state index contributed by atoms with van der Waals surface area (Å²) in [7, 11) is 0. The molecule has 1 heterocycles. The zero-order valence-corrected chi connectivity index (χ0v) is 9.96. The van der Waals surface area contributed by atoms with Crippen LogP contribution in [0.5, 0.6) is 0 Å². The minimum atomic E-state index is 0.204. The van der Waals surface area contributed by atoms with Crippen molar-refractivity contribution in [2.75, 3.05) is 11.9 Å². The van der Waals surface area contributed by atoms with E-state index in [1.807, 2.05) is 12.1 Å². The fraction of sp³-hybridized carbons (Fsp3) is 0.500. The number of hydrogen-bond acceptors (Lipinski definition) is 2. The van der Waals surface area contributed by atoms with E-state index in [1.54, 1.807) is 0 Å². The SMILES string of the molecule is O=C(Nc1cccc2c1CNCC2)C1CCC1. The molecular weight excluding hydrogens is 212 g/mol. The summed E-state index contributed by atoms with van der Waals surface area (Å²) in [5.74, 6) is 0.456. The van der Waals surface area contributed by atoms with Crippen molar-refractivity contribution in [2.24, 2.45) is 5.92 Å². The lowest BCUT2D eigenvalue weighted by Gasteiger charge is -2.26. The molecule has 0 atom stereocenters. The maximum atomic E-state index is 11.9. The van der Waals surface area contributed by atoms with Crippen LogP contribution in [0, 0.1) is 5.92 Å². The van der Waals surface area contributed by atoms with Crippen molar-refractivity contribution >= 4 is 11.6 Å². The van der Waals surface area contributed by atoms with E-state index >= 15 is 0 Å². The van der Waals surface area contributed by atoms with Crippen LogP contribution in [0.25, 0.3) is 0 Å². The van der Waals surface area contributed by atoms with Gasteiger partial charge in [-0.15, -0.1) is 0 Å². The topological polar surface area (TPSA) is 41.1 Å². The van der Waals surface area contributed by atoms with Crippen LogP contribution in [0.2, 0.25) is 0 Å². The van der Waals surface area contributed by atoms with Gasteiger partial charge in [-0.25, -0.2) is 0 Å². The van der Waals surface area contributed by atoms with Gasteiger partial charge in [-0.05, 0) is 43.0 Å². The van der Waals surface area contributed by atoms with E-state index in [4.69, 9.17) is 0 Å². The molecule has 1 aromatic rings. The highest BCUT2D eigenvalue weighted by Gasteiger charge is 2.26. The quantitative estimate of drug-likeness (QED) is 0.816. The first-order chi connectivity index (χ1) is 8.34. The Kier molecular flexibility index (Phi) is 2.85. The molecule has 1 aliphatic carbocycles. The smallest absolute Gasteiger partial charge is 0.227 e. The van der Waals surface area contributed by atoms with Crippen LogP contribution in [-0.4, -0.2) is 12.5 Å². The third-order valence-electron chi connectivity index (χ3n) is 3.88. The maximum Gasteiger partial charge on any atom is 0.227 e. The van der Waals surface area contributed by atoms with Crippen molar-refractivity contribution in [3.8, 4) is 0 Å². The van der Waals surface area contributed by atoms with E-state index in [0.717, 1.165) is 38.0 Å². The fourth-order valence-corrected chi connectivity index (χ4v) is 2.54. The number of carbonyl (C=O) groups excluding carboxylic acids is 1. The fourth-order valence-electron chi connectivity index (χ4n) is 2.54. The van der Waals surface area contributed by atoms with Crippen molar-refractivity contribution in [1.82, 2.24) is 5.32 Å². The number of fused-ring (bicyclic) bond motifs is 1. The molecule has 3 nitrogen and oxygen atoms in total. The number of anilines is 1. The van der Waals surface area contributed by atoms with Gasteiger partial charge in [-0.2, -0.15) is 0 Å². The molecule has 0 radical (unpaired) electrons. The number of rotatable bonds is 2. The van der Waals surface area contributed by atoms with Crippen molar-refractivity contribution < 1.29 is 4.79 Å². The van der Waals surface area contributed by atoms with Crippen molar-refractivity contribution in [3.63, 3.8) is 0 Å². The second kappa shape index (κ2) is 4.49. The number of carbonyl (C=O) groups is 1. The van der Waals surface area contributed by atoms with Crippen LogP contribution in [0.4, 0.5) is 5.69 Å². The van der Waals surface area contributed by atoms with Crippen LogP contribution in [0.1, 0.15) is 30.4 Å². The van der Waals surface area contributed by atoms with Crippen LogP contribution in [-0.2, 0) is 17.8 Å². The predicted molar refractivity (Wildman–Crippen MR) is 67.8 cm³/mol. The van der Waals surface area contributed by atoms with Gasteiger partial charge in [0, 0.05) is 18.2 Å². The average molecular weight is 230 g/mol. The van der Waals surface area contributed by atoms with Crippen LogP contribution in [0.15, 0.2) is 18.2 Å². The second-order valence-electron chi connectivity index (χ2n) is 4.99. The molecular formula is C14H18N2O.